The molecule has 1 aromatic carbocycles. The molecule has 0 aliphatic carbocycles. The molecule has 2 N–H and O–H groups in total. The number of phenols is 2. The van der Waals surface area contributed by atoms with Crippen LogP contribution in [0.3, 0.4) is 0 Å². The van der Waals surface area contributed by atoms with E-state index in [2.05, 4.69) is 6.58 Å². The van der Waals surface area contributed by atoms with Gasteiger partial charge in [-0.1, -0.05) is 19.1 Å². The molecule has 0 saturated carbocycles. The molecule has 0 bridgehead atoms. The van der Waals surface area contributed by atoms with Crippen molar-refractivity contribution >= 4 is 5.91 Å². The Labute approximate surface area is 113 Å². The maximum Gasteiger partial charge on any atom is 0.258 e. The van der Waals surface area contributed by atoms with E-state index < -0.39 is 0 Å². The summed E-state index contributed by atoms with van der Waals surface area (Å²) in [5, 5.41) is 19.0. The molecule has 1 aliphatic rings. The van der Waals surface area contributed by atoms with Gasteiger partial charge in [0.1, 0.15) is 11.5 Å². The Morgan fingerprint density at radius 3 is 2.84 bits per heavy atom. The molecule has 0 spiro atoms. The Hall–Kier alpha value is -1.97. The van der Waals surface area contributed by atoms with Crippen molar-refractivity contribution in [3.8, 4) is 11.5 Å². The second-order valence-corrected chi connectivity index (χ2v) is 4.87. The molecule has 4 heteroatoms. The maximum absolute atomic E-state index is 12.5. The number of benzene rings is 1. The summed E-state index contributed by atoms with van der Waals surface area (Å²) in [6, 6.07) is 4.11. The third kappa shape index (κ3) is 2.57. The van der Waals surface area contributed by atoms with Crippen LogP contribution in [0.15, 0.2) is 30.4 Å². The van der Waals surface area contributed by atoms with E-state index in [1.807, 2.05) is 6.92 Å². The maximum atomic E-state index is 12.5. The second kappa shape index (κ2) is 5.34. The smallest absolute Gasteiger partial charge is 0.258 e. The van der Waals surface area contributed by atoms with Crippen molar-refractivity contribution in [3.63, 3.8) is 0 Å². The minimum absolute atomic E-state index is 0.0509. The molecule has 1 unspecified atom stereocenters. The topological polar surface area (TPSA) is 60.8 Å². The van der Waals surface area contributed by atoms with Gasteiger partial charge in [0.25, 0.3) is 5.91 Å². The highest BCUT2D eigenvalue weighted by molar-refractivity contribution is 5.97. The minimum Gasteiger partial charge on any atom is -0.508 e. The summed E-state index contributed by atoms with van der Waals surface area (Å²) < 4.78 is 0. The predicted molar refractivity (Wildman–Crippen MR) is 73.3 cm³/mol. The number of phenolic OH excluding ortho intramolecular Hbond substituents is 2. The summed E-state index contributed by atoms with van der Waals surface area (Å²) in [5.74, 6) is -0.433. The fraction of sp³-hybridized carbons (Fsp3) is 0.400. The second-order valence-electron chi connectivity index (χ2n) is 4.87. The van der Waals surface area contributed by atoms with Crippen molar-refractivity contribution in [3.05, 3.63) is 35.9 Å². The number of rotatable bonds is 3. The molecule has 1 aromatic rings. The number of aromatic hydroxyl groups is 2. The van der Waals surface area contributed by atoms with Crippen LogP contribution in [-0.2, 0) is 0 Å². The van der Waals surface area contributed by atoms with E-state index in [1.165, 1.54) is 18.2 Å². The van der Waals surface area contributed by atoms with E-state index in [0.29, 0.717) is 6.54 Å². The molecule has 4 nitrogen and oxygen atoms in total. The summed E-state index contributed by atoms with van der Waals surface area (Å²) >= 11 is 0. The molecule has 102 valence electrons. The quantitative estimate of drug-likeness (QED) is 0.822. The first-order chi connectivity index (χ1) is 9.04. The van der Waals surface area contributed by atoms with Gasteiger partial charge in [-0.25, -0.2) is 0 Å². The van der Waals surface area contributed by atoms with Crippen LogP contribution in [0.1, 0.15) is 36.5 Å². The average Bonchev–Trinajstić information content (AvgIpc) is 2.86. The van der Waals surface area contributed by atoms with Gasteiger partial charge in [0.15, 0.2) is 0 Å². The molecule has 19 heavy (non-hydrogen) atoms. The summed E-state index contributed by atoms with van der Waals surface area (Å²) in [7, 11) is 0. The van der Waals surface area contributed by atoms with Crippen LogP contribution < -0.4 is 0 Å². The summed E-state index contributed by atoms with van der Waals surface area (Å²) in [5.41, 5.74) is 1.28. The molecule has 1 amide bonds. The van der Waals surface area contributed by atoms with Crippen LogP contribution in [0.5, 0.6) is 11.5 Å². The first-order valence-corrected chi connectivity index (χ1v) is 6.55. The van der Waals surface area contributed by atoms with Gasteiger partial charge < -0.3 is 15.1 Å². The van der Waals surface area contributed by atoms with Crippen molar-refractivity contribution < 1.29 is 15.0 Å². The van der Waals surface area contributed by atoms with E-state index in [-0.39, 0.29) is 29.0 Å². The standard InChI is InChI=1S/C15H19NO3/c1-3-10(2)13-5-4-8-16(13)15(19)12-7-6-11(17)9-14(12)18/h6-7,9,13,17-18H,2-5,8H2,1H3. The molecule has 0 radical (unpaired) electrons. The van der Waals surface area contributed by atoms with E-state index in [0.717, 1.165) is 24.8 Å². The number of carbonyl (C=O) groups excluding carboxylic acids is 1. The molecule has 1 fully saturated rings. The number of hydrogen-bond acceptors (Lipinski definition) is 3. The third-order valence-electron chi connectivity index (χ3n) is 3.65. The van der Waals surface area contributed by atoms with E-state index in [9.17, 15) is 15.0 Å². The van der Waals surface area contributed by atoms with Gasteiger partial charge in [0.2, 0.25) is 0 Å². The average molecular weight is 261 g/mol. The predicted octanol–water partition coefficient (Wildman–Crippen LogP) is 2.67. The Bertz CT molecular complexity index is 510. The minimum atomic E-state index is -0.199. The Morgan fingerprint density at radius 2 is 2.21 bits per heavy atom. The SMILES string of the molecule is C=C(CC)C1CCCN1C(=O)c1ccc(O)cc1O. The molecule has 1 heterocycles. The molecular weight excluding hydrogens is 242 g/mol. The number of amides is 1. The van der Waals surface area contributed by atoms with E-state index in [1.54, 1.807) is 4.90 Å². The van der Waals surface area contributed by atoms with Gasteiger partial charge in [0.05, 0.1) is 11.6 Å². The Morgan fingerprint density at radius 1 is 1.47 bits per heavy atom. The summed E-state index contributed by atoms with van der Waals surface area (Å²) in [6.07, 6.45) is 2.72. The van der Waals surface area contributed by atoms with E-state index >= 15 is 0 Å². The van der Waals surface area contributed by atoms with Crippen molar-refractivity contribution in [2.24, 2.45) is 0 Å². The van der Waals surface area contributed by atoms with Gasteiger partial charge >= 0.3 is 0 Å². The van der Waals surface area contributed by atoms with Gasteiger partial charge in [-0.05, 0) is 31.4 Å². The van der Waals surface area contributed by atoms with Crippen molar-refractivity contribution in [1.82, 2.24) is 4.90 Å². The normalized spacial score (nSPS) is 18.6. The Balaban J connectivity index is 2.25. The van der Waals surface area contributed by atoms with Crippen molar-refractivity contribution in [2.45, 2.75) is 32.2 Å². The Kier molecular flexibility index (Phi) is 3.79. The lowest BCUT2D eigenvalue weighted by molar-refractivity contribution is 0.0751. The van der Waals surface area contributed by atoms with Crippen LogP contribution in [0, 0.1) is 0 Å². The van der Waals surface area contributed by atoms with Crippen molar-refractivity contribution in [2.75, 3.05) is 6.54 Å². The van der Waals surface area contributed by atoms with Gasteiger partial charge in [-0.2, -0.15) is 0 Å². The zero-order valence-electron chi connectivity index (χ0n) is 11.1. The summed E-state index contributed by atoms with van der Waals surface area (Å²) in [6.45, 7) is 6.73. The molecule has 1 atom stereocenters. The molecular formula is C15H19NO3. The molecule has 0 aromatic heterocycles. The number of likely N-dealkylation sites (tertiary alicyclic amines) is 1. The molecule has 1 aliphatic heterocycles. The highest BCUT2D eigenvalue weighted by Gasteiger charge is 2.31. The fourth-order valence-corrected chi connectivity index (χ4v) is 2.53. The van der Waals surface area contributed by atoms with Crippen LogP contribution in [0.2, 0.25) is 0 Å². The van der Waals surface area contributed by atoms with E-state index in [4.69, 9.17) is 0 Å². The highest BCUT2D eigenvalue weighted by Crippen LogP contribution is 2.30. The summed E-state index contributed by atoms with van der Waals surface area (Å²) in [4.78, 5) is 14.2. The highest BCUT2D eigenvalue weighted by atomic mass is 16.3. The van der Waals surface area contributed by atoms with Gasteiger partial charge in [0, 0.05) is 12.6 Å². The first-order valence-electron chi connectivity index (χ1n) is 6.55. The van der Waals surface area contributed by atoms with Crippen LogP contribution >= 0.6 is 0 Å². The fourth-order valence-electron chi connectivity index (χ4n) is 2.53. The first kappa shape index (κ1) is 13.5. The molecule has 1 saturated heterocycles. The number of carbonyl (C=O) groups is 1. The van der Waals surface area contributed by atoms with Crippen LogP contribution in [-0.4, -0.2) is 33.6 Å². The lowest BCUT2D eigenvalue weighted by Gasteiger charge is -2.26. The lowest BCUT2D eigenvalue weighted by Crippen LogP contribution is -2.36. The van der Waals surface area contributed by atoms with Crippen LogP contribution in [0.4, 0.5) is 0 Å². The zero-order valence-corrected chi connectivity index (χ0v) is 11.1. The van der Waals surface area contributed by atoms with Gasteiger partial charge in [-0.3, -0.25) is 4.79 Å². The van der Waals surface area contributed by atoms with Gasteiger partial charge in [-0.15, -0.1) is 0 Å². The monoisotopic (exact) mass is 261 g/mol. The third-order valence-corrected chi connectivity index (χ3v) is 3.65. The van der Waals surface area contributed by atoms with Crippen LogP contribution in [0.25, 0.3) is 0 Å². The lowest BCUT2D eigenvalue weighted by atomic mass is 10.0. The largest absolute Gasteiger partial charge is 0.508 e. The zero-order chi connectivity index (χ0) is 14.0. The molecule has 2 rings (SSSR count). The number of nitrogens with zero attached hydrogens (tertiary/aromatic N) is 1. The van der Waals surface area contributed by atoms with Crippen molar-refractivity contribution in [1.29, 1.82) is 0 Å². The number of hydrogen-bond donors (Lipinski definition) is 2.